The Labute approximate surface area is 148 Å². The molecule has 0 unspecified atom stereocenters. The number of aromatic nitrogens is 1. The molecule has 0 fully saturated rings. The number of ether oxygens (including phenoxy) is 3. The number of H-pyrrole nitrogens is 1. The molecule has 1 aliphatic heterocycles. The number of methoxy groups -OCH3 is 2. The van der Waals surface area contributed by atoms with Crippen LogP contribution in [0.5, 0.6) is 0 Å². The van der Waals surface area contributed by atoms with Crippen LogP contribution >= 0.6 is 11.8 Å². The largest absolute Gasteiger partial charge is 0.466 e. The Kier molecular flexibility index (Phi) is 5.00. The molecular weight excluding hydrogens is 344 g/mol. The van der Waals surface area contributed by atoms with Crippen LogP contribution in [0.4, 0.5) is 5.69 Å². The van der Waals surface area contributed by atoms with Crippen molar-refractivity contribution in [3.63, 3.8) is 0 Å². The number of nitrogens with zero attached hydrogens (tertiary/aromatic N) is 1. The maximum absolute atomic E-state index is 12.3. The first kappa shape index (κ1) is 17.4. The summed E-state index contributed by atoms with van der Waals surface area (Å²) in [6.45, 7) is 0.130. The summed E-state index contributed by atoms with van der Waals surface area (Å²) >= 11 is 1.62. The number of fused-ring (bicyclic) bond motifs is 1. The first-order valence-electron chi connectivity index (χ1n) is 7.51. The fraction of sp³-hybridized carbons (Fsp3) is 0.294. The first-order chi connectivity index (χ1) is 12.1. The fourth-order valence-corrected chi connectivity index (χ4v) is 3.33. The second-order valence-corrected chi connectivity index (χ2v) is 6.15. The lowest BCUT2D eigenvalue weighted by molar-refractivity contribution is -0.140. The number of esters is 2. The van der Waals surface area contributed by atoms with Gasteiger partial charge in [-0.3, -0.25) is 0 Å². The van der Waals surface area contributed by atoms with Crippen molar-refractivity contribution in [2.45, 2.75) is 4.90 Å². The van der Waals surface area contributed by atoms with Gasteiger partial charge in [-0.1, -0.05) is 0 Å². The van der Waals surface area contributed by atoms with Gasteiger partial charge in [0.05, 0.1) is 26.4 Å². The van der Waals surface area contributed by atoms with Crippen molar-refractivity contribution < 1.29 is 23.8 Å². The van der Waals surface area contributed by atoms with E-state index in [4.69, 9.17) is 14.2 Å². The minimum absolute atomic E-state index is 0.00390. The highest BCUT2D eigenvalue weighted by atomic mass is 32.2. The minimum atomic E-state index is -0.613. The topological polar surface area (TPSA) is 80.9 Å². The zero-order chi connectivity index (χ0) is 18.0. The molecule has 0 aliphatic carbocycles. The van der Waals surface area contributed by atoms with Gasteiger partial charge in [0, 0.05) is 27.7 Å². The van der Waals surface area contributed by atoms with Gasteiger partial charge in [-0.2, -0.15) is 0 Å². The van der Waals surface area contributed by atoms with E-state index in [0.717, 1.165) is 21.5 Å². The maximum Gasteiger partial charge on any atom is 0.355 e. The molecule has 2 heterocycles. The van der Waals surface area contributed by atoms with E-state index < -0.39 is 11.9 Å². The Hall–Kier alpha value is -2.45. The third kappa shape index (κ3) is 3.10. The molecule has 1 aliphatic rings. The summed E-state index contributed by atoms with van der Waals surface area (Å²) in [5.74, 6) is -1.22. The van der Waals surface area contributed by atoms with Crippen molar-refractivity contribution in [2.75, 3.05) is 38.7 Å². The number of anilines is 1. The van der Waals surface area contributed by atoms with Crippen LogP contribution in [-0.4, -0.2) is 50.7 Å². The van der Waals surface area contributed by atoms with Crippen LogP contribution in [-0.2, 0) is 23.8 Å². The smallest absolute Gasteiger partial charge is 0.355 e. The van der Waals surface area contributed by atoms with E-state index in [9.17, 15) is 9.59 Å². The van der Waals surface area contributed by atoms with Crippen LogP contribution in [0.3, 0.4) is 0 Å². The molecule has 0 bridgehead atoms. The van der Waals surface area contributed by atoms with Gasteiger partial charge in [0.1, 0.15) is 12.4 Å². The monoisotopic (exact) mass is 362 g/mol. The van der Waals surface area contributed by atoms with Gasteiger partial charge < -0.3 is 24.1 Å². The van der Waals surface area contributed by atoms with Crippen molar-refractivity contribution in [3.8, 4) is 0 Å². The number of carbonyl (C=O) groups is 2. The van der Waals surface area contributed by atoms with Crippen LogP contribution < -0.4 is 4.90 Å². The average molecular weight is 362 g/mol. The van der Waals surface area contributed by atoms with E-state index in [0.29, 0.717) is 0 Å². The molecule has 0 spiro atoms. The average Bonchev–Trinajstić information content (AvgIpc) is 3.08. The summed E-state index contributed by atoms with van der Waals surface area (Å²) < 4.78 is 15.1. The van der Waals surface area contributed by atoms with Crippen molar-refractivity contribution in [3.05, 3.63) is 35.7 Å². The molecule has 7 nitrogen and oxygen atoms in total. The highest BCUT2D eigenvalue weighted by Crippen LogP contribution is 2.33. The molecular formula is C17H18N2O5S. The molecule has 0 radical (unpaired) electrons. The number of hydrogen-bond acceptors (Lipinski definition) is 7. The van der Waals surface area contributed by atoms with Gasteiger partial charge in [-0.15, -0.1) is 11.8 Å². The molecule has 0 saturated heterocycles. The molecule has 0 saturated carbocycles. The van der Waals surface area contributed by atoms with Crippen LogP contribution in [0.2, 0.25) is 0 Å². The van der Waals surface area contributed by atoms with Crippen LogP contribution in [0.15, 0.2) is 40.6 Å². The van der Waals surface area contributed by atoms with Gasteiger partial charge in [-0.05, 0) is 24.5 Å². The Morgan fingerprint density at radius 1 is 1.24 bits per heavy atom. The van der Waals surface area contributed by atoms with E-state index in [-0.39, 0.29) is 24.6 Å². The normalized spacial score (nSPS) is 14.8. The molecule has 25 heavy (non-hydrogen) atoms. The molecule has 132 valence electrons. The quantitative estimate of drug-likeness (QED) is 0.660. The fourth-order valence-electron chi connectivity index (χ4n) is 2.77. The summed E-state index contributed by atoms with van der Waals surface area (Å²) in [6, 6.07) is 5.73. The third-order valence-electron chi connectivity index (χ3n) is 3.99. The van der Waals surface area contributed by atoms with Gasteiger partial charge in [0.15, 0.2) is 0 Å². The lowest BCUT2D eigenvalue weighted by Crippen LogP contribution is -2.38. The van der Waals surface area contributed by atoms with Crippen LogP contribution in [0, 0.1) is 0 Å². The van der Waals surface area contributed by atoms with E-state index >= 15 is 0 Å². The van der Waals surface area contributed by atoms with Gasteiger partial charge in [-0.25, -0.2) is 9.59 Å². The minimum Gasteiger partial charge on any atom is -0.466 e. The highest BCUT2D eigenvalue weighted by Gasteiger charge is 2.32. The number of carbonyl (C=O) groups excluding carboxylic acids is 2. The molecule has 1 aromatic carbocycles. The van der Waals surface area contributed by atoms with Crippen LogP contribution in [0.25, 0.3) is 10.9 Å². The zero-order valence-corrected chi connectivity index (χ0v) is 14.9. The molecule has 0 amide bonds. The van der Waals surface area contributed by atoms with Crippen LogP contribution in [0.1, 0.15) is 0 Å². The summed E-state index contributed by atoms with van der Waals surface area (Å²) in [6.07, 6.45) is 3.93. The lowest BCUT2D eigenvalue weighted by atomic mass is 10.1. The van der Waals surface area contributed by atoms with E-state index in [2.05, 4.69) is 4.98 Å². The third-order valence-corrected chi connectivity index (χ3v) is 4.77. The molecule has 0 atom stereocenters. The number of rotatable bonds is 4. The van der Waals surface area contributed by atoms with Crippen molar-refractivity contribution in [1.29, 1.82) is 0 Å². The van der Waals surface area contributed by atoms with Gasteiger partial charge >= 0.3 is 11.9 Å². The standard InChI is InChI=1S/C17H18N2O5S/c1-22-16(20)12-8-24-9-19(15(12)17(21)23-2)10-4-5-13-11(6-10)14(25-3)7-18-13/h4-7,18H,8-9H2,1-3H3. The Morgan fingerprint density at radius 2 is 2.00 bits per heavy atom. The summed E-state index contributed by atoms with van der Waals surface area (Å²) in [7, 11) is 2.54. The number of hydrogen-bond donors (Lipinski definition) is 1. The predicted molar refractivity (Wildman–Crippen MR) is 94.4 cm³/mol. The lowest BCUT2D eigenvalue weighted by Gasteiger charge is -2.31. The molecule has 2 aromatic rings. The highest BCUT2D eigenvalue weighted by molar-refractivity contribution is 7.98. The number of aromatic amines is 1. The van der Waals surface area contributed by atoms with E-state index in [1.165, 1.54) is 14.2 Å². The zero-order valence-electron chi connectivity index (χ0n) is 14.1. The Morgan fingerprint density at radius 3 is 2.68 bits per heavy atom. The molecule has 3 rings (SSSR count). The summed E-state index contributed by atoms with van der Waals surface area (Å²) in [5.41, 5.74) is 1.99. The summed E-state index contributed by atoms with van der Waals surface area (Å²) in [4.78, 5) is 30.3. The predicted octanol–water partition coefficient (Wildman–Crippen LogP) is 2.28. The van der Waals surface area contributed by atoms with Crippen molar-refractivity contribution >= 4 is 40.3 Å². The summed E-state index contributed by atoms with van der Waals surface area (Å²) in [5, 5.41) is 1.03. The Bertz CT molecular complexity index is 858. The van der Waals surface area contributed by atoms with E-state index in [1.807, 2.05) is 30.7 Å². The van der Waals surface area contributed by atoms with Gasteiger partial charge in [0.2, 0.25) is 0 Å². The molecule has 1 N–H and O–H groups in total. The van der Waals surface area contributed by atoms with E-state index in [1.54, 1.807) is 16.7 Å². The number of nitrogens with one attached hydrogen (secondary N) is 1. The van der Waals surface area contributed by atoms with Crippen molar-refractivity contribution in [1.82, 2.24) is 4.98 Å². The Balaban J connectivity index is 2.13. The molecule has 1 aromatic heterocycles. The first-order valence-corrected chi connectivity index (χ1v) is 8.73. The maximum atomic E-state index is 12.3. The second-order valence-electron chi connectivity index (χ2n) is 5.30. The van der Waals surface area contributed by atoms with Gasteiger partial charge in [0.25, 0.3) is 0 Å². The number of thioether (sulfide) groups is 1. The SMILES string of the molecule is COC(=O)C1=C(C(=O)OC)N(c2ccc3[nH]cc(SC)c3c2)COC1. The second kappa shape index (κ2) is 7.20. The number of benzene rings is 1. The molecule has 8 heteroatoms. The van der Waals surface area contributed by atoms with Crippen molar-refractivity contribution in [2.24, 2.45) is 0 Å².